The molecule has 10 rings (SSSR count). The molecule has 5 aliphatic rings. The molecular formula is C69H72O36. The largest absolute Gasteiger partial charge is 0.508 e. The first-order chi connectivity index (χ1) is 50.0. The molecule has 0 bridgehead atoms. The summed E-state index contributed by atoms with van der Waals surface area (Å²) in [5, 5.41) is 192. The number of carboxylic acids is 1. The number of aliphatic hydroxyl groups excluding tert-OH is 12. The first-order valence-electron chi connectivity index (χ1n) is 31.9. The molecule has 0 spiro atoms. The number of carbonyl (C=O) groups excluding carboxylic acids is 4. The van der Waals surface area contributed by atoms with Crippen LogP contribution in [-0.2, 0) is 73.0 Å². The highest BCUT2D eigenvalue weighted by Crippen LogP contribution is 2.45. The number of hydrogen-bond acceptors (Lipinski definition) is 35. The lowest BCUT2D eigenvalue weighted by Crippen LogP contribution is -2.60. The van der Waals surface area contributed by atoms with Crippen molar-refractivity contribution >= 4 is 53.8 Å². The Hall–Kier alpha value is -10.2. The Morgan fingerprint density at radius 3 is 1.26 bits per heavy atom. The van der Waals surface area contributed by atoms with Crippen molar-refractivity contribution in [1.29, 1.82) is 0 Å². The second-order valence-corrected chi connectivity index (χ2v) is 24.2. The normalized spacial score (nSPS) is 29.7. The summed E-state index contributed by atoms with van der Waals surface area (Å²) in [6.45, 7) is -3.02. The van der Waals surface area contributed by atoms with Gasteiger partial charge in [0.1, 0.15) is 165 Å². The number of carbonyl (C=O) groups is 5. The van der Waals surface area contributed by atoms with Crippen molar-refractivity contribution < 1.29 is 177 Å². The van der Waals surface area contributed by atoms with E-state index >= 15 is 0 Å². The molecule has 4 saturated heterocycles. The first-order valence-corrected chi connectivity index (χ1v) is 31.9. The number of aliphatic hydroxyl groups is 12. The third-order valence-corrected chi connectivity index (χ3v) is 16.7. The fourth-order valence-corrected chi connectivity index (χ4v) is 10.9. The second-order valence-electron chi connectivity index (χ2n) is 24.2. The van der Waals surface area contributed by atoms with Gasteiger partial charge in [-0.25, -0.2) is 14.4 Å². The average Bonchev–Trinajstić information content (AvgIpc) is 0.787. The van der Waals surface area contributed by atoms with E-state index in [9.17, 15) is 111 Å². The summed E-state index contributed by atoms with van der Waals surface area (Å²) in [6, 6.07) is 20.6. The molecule has 0 radical (unpaired) electrons. The highest BCUT2D eigenvalue weighted by Gasteiger charge is 2.50. The standard InChI is InChI=1S/C69H72O36/c70-33-10-1-29(2-11-33)6-16-49(77)93-25-44-53(81)57(85)61(89)66(102-44)97-35-21-38(73)36-23-43(101-69-64(92)60(88)56(84)47(105-69)28-96-52(80)24-48(75)76)65(98-41(36)22-35)32-9-14-37(72)42(20-32)100-68-63(91)59(87)55(83)46(104-68)27-95-51(79)18-8-31-5-15-40(39(74)19-31)99-67-62(90)58(86)54(82)45(103-67)26-94-50(78)17-7-30-3-12-34(71)13-4-30/h1-22,44-47,53-64,66-74,81-92H,23-28H2,(H,75,76)/t44-,45-,46-,47-,53-,54-,55-,56-,57+,58+,59+,60+,61-,62-,63-,64-,66-,67-,68-,69-/m1/s1. The Labute approximate surface area is 592 Å². The predicted molar refractivity (Wildman–Crippen MR) is 345 cm³/mol. The second kappa shape index (κ2) is 34.1. The molecule has 20 atom stereocenters. The number of fused-ring (bicyclic) bond motifs is 1. The number of allylic oxidation sites excluding steroid dienone is 1. The number of benzene rings is 5. The van der Waals surface area contributed by atoms with Crippen molar-refractivity contribution in [2.24, 2.45) is 0 Å². The van der Waals surface area contributed by atoms with Crippen LogP contribution < -0.4 is 18.9 Å². The molecule has 5 heterocycles. The highest BCUT2D eigenvalue weighted by molar-refractivity contribution is 5.90. The summed E-state index contributed by atoms with van der Waals surface area (Å²) in [5.41, 5.74) is 0.929. The van der Waals surface area contributed by atoms with E-state index in [-0.39, 0.29) is 51.2 Å². The molecule has 0 aliphatic carbocycles. The number of aliphatic carboxylic acids is 1. The topological polar surface area (TPSA) is 569 Å². The lowest BCUT2D eigenvalue weighted by molar-refractivity contribution is -0.292. The van der Waals surface area contributed by atoms with Crippen LogP contribution in [0.4, 0.5) is 0 Å². The molecule has 5 aromatic carbocycles. The maximum Gasteiger partial charge on any atom is 0.330 e. The van der Waals surface area contributed by atoms with E-state index in [0.29, 0.717) is 11.1 Å². The first kappa shape index (κ1) is 77.4. The quantitative estimate of drug-likeness (QED) is 0.0126. The minimum Gasteiger partial charge on any atom is -0.508 e. The summed E-state index contributed by atoms with van der Waals surface area (Å²) in [6.07, 6.45) is -32.4. The minimum absolute atomic E-state index is 0.00588. The molecule has 4 fully saturated rings. The minimum atomic E-state index is -2.12. The molecule has 36 heteroatoms. The molecule has 0 unspecified atom stereocenters. The number of esters is 4. The van der Waals surface area contributed by atoms with Crippen molar-refractivity contribution in [3.05, 3.63) is 149 Å². The summed E-state index contributed by atoms with van der Waals surface area (Å²) < 4.78 is 73.2. The van der Waals surface area contributed by atoms with Gasteiger partial charge < -0.3 is 153 Å². The number of hydrogen-bond donors (Lipinski definition) is 18. The maximum absolute atomic E-state index is 13.1. The summed E-state index contributed by atoms with van der Waals surface area (Å²) in [4.78, 5) is 61.4. The van der Waals surface area contributed by atoms with Crippen LogP contribution in [0, 0.1) is 0 Å². The van der Waals surface area contributed by atoms with Gasteiger partial charge in [-0.1, -0.05) is 30.3 Å². The zero-order valence-corrected chi connectivity index (χ0v) is 54.4. The van der Waals surface area contributed by atoms with E-state index in [1.54, 1.807) is 0 Å². The Balaban J connectivity index is 0.817. The van der Waals surface area contributed by atoms with E-state index in [0.717, 1.165) is 54.6 Å². The molecule has 0 saturated carbocycles. The van der Waals surface area contributed by atoms with E-state index in [1.165, 1.54) is 78.9 Å². The molecule has 36 nitrogen and oxygen atoms in total. The van der Waals surface area contributed by atoms with Gasteiger partial charge in [0.15, 0.2) is 28.8 Å². The molecule has 5 aromatic rings. The Morgan fingerprint density at radius 1 is 0.400 bits per heavy atom. The third kappa shape index (κ3) is 19.2. The number of aromatic hydroxyl groups is 5. The van der Waals surface area contributed by atoms with Crippen LogP contribution in [0.15, 0.2) is 121 Å². The maximum atomic E-state index is 13.1. The van der Waals surface area contributed by atoms with Gasteiger partial charge in [-0.3, -0.25) is 9.59 Å². The lowest BCUT2D eigenvalue weighted by atomic mass is 9.98. The molecule has 5 aliphatic heterocycles. The summed E-state index contributed by atoms with van der Waals surface area (Å²) >= 11 is 0. The van der Waals surface area contributed by atoms with E-state index in [4.69, 9.17) is 66.7 Å². The number of rotatable bonds is 25. The summed E-state index contributed by atoms with van der Waals surface area (Å²) in [5.74, 6) is -9.94. The van der Waals surface area contributed by atoms with Crippen molar-refractivity contribution in [2.75, 3.05) is 26.4 Å². The van der Waals surface area contributed by atoms with Gasteiger partial charge in [-0.2, -0.15) is 0 Å². The zero-order chi connectivity index (χ0) is 75.7. The average molecular weight is 1480 g/mol. The summed E-state index contributed by atoms with van der Waals surface area (Å²) in [7, 11) is 0. The van der Waals surface area contributed by atoms with Crippen LogP contribution in [-0.4, -0.2) is 271 Å². The molecule has 18 N–H and O–H groups in total. The lowest BCUT2D eigenvalue weighted by Gasteiger charge is -2.41. The number of ether oxygens (including phenoxy) is 13. The molecule has 0 aromatic heterocycles. The number of phenols is 5. The fourth-order valence-electron chi connectivity index (χ4n) is 10.9. The number of carboxylic acid groups (broad SMARTS) is 1. The van der Waals surface area contributed by atoms with E-state index in [1.807, 2.05) is 0 Å². The van der Waals surface area contributed by atoms with Gasteiger partial charge in [0.25, 0.3) is 0 Å². The van der Waals surface area contributed by atoms with Crippen molar-refractivity contribution in [3.63, 3.8) is 0 Å². The highest BCUT2D eigenvalue weighted by atomic mass is 16.7. The van der Waals surface area contributed by atoms with Crippen LogP contribution in [0.25, 0.3) is 24.0 Å². The van der Waals surface area contributed by atoms with Crippen LogP contribution in [0.3, 0.4) is 0 Å². The van der Waals surface area contributed by atoms with Crippen molar-refractivity contribution in [1.82, 2.24) is 0 Å². The van der Waals surface area contributed by atoms with Crippen LogP contribution in [0.5, 0.6) is 51.7 Å². The van der Waals surface area contributed by atoms with E-state index in [2.05, 4.69) is 0 Å². The van der Waals surface area contributed by atoms with Gasteiger partial charge in [-0.15, -0.1) is 0 Å². The van der Waals surface area contributed by atoms with Crippen LogP contribution in [0.1, 0.15) is 34.2 Å². The van der Waals surface area contributed by atoms with Gasteiger partial charge in [0.05, 0.1) is 0 Å². The zero-order valence-electron chi connectivity index (χ0n) is 54.4. The monoisotopic (exact) mass is 1480 g/mol. The predicted octanol–water partition coefficient (Wildman–Crippen LogP) is -2.31. The number of phenolic OH excluding ortho intramolecular Hbond substituents is 5. The van der Waals surface area contributed by atoms with Gasteiger partial charge in [-0.05, 0) is 89.5 Å². The fraction of sp³-hybridized carbons (Fsp3) is 0.377. The molecule has 564 valence electrons. The van der Waals surface area contributed by atoms with Crippen molar-refractivity contribution in [3.8, 4) is 51.7 Å². The van der Waals surface area contributed by atoms with Gasteiger partial charge in [0, 0.05) is 47.9 Å². The van der Waals surface area contributed by atoms with Gasteiger partial charge >= 0.3 is 29.8 Å². The third-order valence-electron chi connectivity index (χ3n) is 16.7. The SMILES string of the molecule is O=C(O)CC(=O)OC[C@H]1O[C@@H](OC2=C(c3ccc(O)c(O[C@@H]4O[C@H](COC(=O)C=Cc5ccc(O[C@@H]6O[C@H](COC(=O)C=Cc7ccc(O)cc7)[C@@H](O)[C@H](O)[C@H]6O)c(O)c5)[C@@H](O)[C@H](O)[C@H]4O)c3)Oc3cc(O[C@@H]4O[C@H](COC(=O)C=Cc5ccc(O)cc5)[C@@H](O)[C@H](O)[C@H]4O)cc(O)c3C2)[C@H](O)[C@@H](O)[C@@H]1O. The van der Waals surface area contributed by atoms with E-state index < -0.39 is 221 Å². The Kier molecular flexibility index (Phi) is 25.2. The van der Waals surface area contributed by atoms with Crippen LogP contribution in [0.2, 0.25) is 0 Å². The van der Waals surface area contributed by atoms with Crippen LogP contribution >= 0.6 is 0 Å². The molecular weight excluding hydrogens is 1400 g/mol. The van der Waals surface area contributed by atoms with Gasteiger partial charge in [0.2, 0.25) is 25.2 Å². The Bertz CT molecular complexity index is 4030. The molecule has 0 amide bonds. The Morgan fingerprint density at radius 2 is 0.810 bits per heavy atom. The van der Waals surface area contributed by atoms with Crippen molar-refractivity contribution in [2.45, 2.75) is 136 Å². The smallest absolute Gasteiger partial charge is 0.330 e. The molecule has 105 heavy (non-hydrogen) atoms.